The molecular weight excluding hydrogens is 344 g/mol. The minimum atomic E-state index is -0.175. The number of nitrogens with one attached hydrogen (secondary N) is 2. The maximum absolute atomic E-state index is 12.9. The lowest BCUT2D eigenvalue weighted by molar-refractivity contribution is 0.0726. The number of hydrogen-bond donors (Lipinski definition) is 2. The lowest BCUT2D eigenvalue weighted by Crippen LogP contribution is -2.40. The van der Waals surface area contributed by atoms with Crippen molar-refractivity contribution in [2.24, 2.45) is 0 Å². The maximum atomic E-state index is 12.9. The molecule has 1 aliphatic rings. The Morgan fingerprint density at radius 1 is 1.15 bits per heavy atom. The molecule has 0 saturated carbocycles. The van der Waals surface area contributed by atoms with Gasteiger partial charge in [-0.1, -0.05) is 30.3 Å². The Labute approximate surface area is 153 Å². The fourth-order valence-corrected chi connectivity index (χ4v) is 3.45. The zero-order chi connectivity index (χ0) is 18.4. The normalized spacial score (nSPS) is 13.7. The average molecular weight is 360 g/mol. The van der Waals surface area contributed by atoms with E-state index in [0.717, 1.165) is 11.3 Å². The van der Waals surface area contributed by atoms with E-state index in [0.29, 0.717) is 35.6 Å². The van der Waals surface area contributed by atoms with E-state index >= 15 is 0 Å². The van der Waals surface area contributed by atoms with E-state index in [-0.39, 0.29) is 18.0 Å². The van der Waals surface area contributed by atoms with Gasteiger partial charge >= 0.3 is 0 Å². The van der Waals surface area contributed by atoms with E-state index in [1.807, 2.05) is 30.3 Å². The van der Waals surface area contributed by atoms with E-state index in [9.17, 15) is 9.59 Å². The first-order valence-electron chi connectivity index (χ1n) is 8.69. The zero-order valence-electron chi connectivity index (χ0n) is 14.3. The van der Waals surface area contributed by atoms with E-state index in [2.05, 4.69) is 20.3 Å². The molecule has 8 nitrogen and oxygen atoms in total. The van der Waals surface area contributed by atoms with Crippen LogP contribution in [0.3, 0.4) is 0 Å². The smallest absolute Gasteiger partial charge is 0.277 e. The first-order valence-corrected chi connectivity index (χ1v) is 8.69. The van der Waals surface area contributed by atoms with E-state index < -0.39 is 0 Å². The van der Waals surface area contributed by atoms with Crippen molar-refractivity contribution in [1.29, 1.82) is 0 Å². The Bertz CT molecular complexity index is 1200. The SMILES string of the molecule is O=C(c1cc(-c2ccccc2)n[nH]1)N1CCc2nc3cc[nH]n3c(=O)c2C1. The van der Waals surface area contributed by atoms with Gasteiger partial charge in [0, 0.05) is 30.8 Å². The number of hydrogen-bond acceptors (Lipinski definition) is 4. The number of aromatic amines is 2. The van der Waals surface area contributed by atoms with Gasteiger partial charge in [-0.25, -0.2) is 9.50 Å². The van der Waals surface area contributed by atoms with Gasteiger partial charge in [0.25, 0.3) is 11.5 Å². The Kier molecular flexibility index (Phi) is 3.43. The van der Waals surface area contributed by atoms with Gasteiger partial charge < -0.3 is 4.90 Å². The molecule has 134 valence electrons. The van der Waals surface area contributed by atoms with Crippen LogP contribution < -0.4 is 5.56 Å². The van der Waals surface area contributed by atoms with Crippen molar-refractivity contribution < 1.29 is 4.79 Å². The van der Waals surface area contributed by atoms with Crippen LogP contribution in [0.1, 0.15) is 21.7 Å². The quantitative estimate of drug-likeness (QED) is 0.567. The number of carbonyl (C=O) groups is 1. The van der Waals surface area contributed by atoms with Crippen molar-refractivity contribution in [2.45, 2.75) is 13.0 Å². The van der Waals surface area contributed by atoms with Gasteiger partial charge in [-0.2, -0.15) is 5.10 Å². The van der Waals surface area contributed by atoms with Crippen LogP contribution in [-0.2, 0) is 13.0 Å². The van der Waals surface area contributed by atoms with Crippen molar-refractivity contribution >= 4 is 11.6 Å². The summed E-state index contributed by atoms with van der Waals surface area (Å²) in [4.78, 5) is 31.7. The summed E-state index contributed by atoms with van der Waals surface area (Å²) in [7, 11) is 0. The standard InChI is InChI=1S/C19H16N6O2/c26-18-13-11-24(9-7-14(13)21-17-6-8-20-25(17)18)19(27)16-10-15(22-23-16)12-4-2-1-3-5-12/h1-6,8,10,20H,7,9,11H2,(H,22,23). The molecule has 0 aliphatic carbocycles. The predicted octanol–water partition coefficient (Wildman–Crippen LogP) is 1.61. The van der Waals surface area contributed by atoms with E-state index in [1.54, 1.807) is 23.2 Å². The predicted molar refractivity (Wildman–Crippen MR) is 98.3 cm³/mol. The van der Waals surface area contributed by atoms with Crippen LogP contribution in [0, 0.1) is 0 Å². The monoisotopic (exact) mass is 360 g/mol. The van der Waals surface area contributed by atoms with Crippen LogP contribution in [0.4, 0.5) is 0 Å². The molecule has 0 atom stereocenters. The number of aromatic nitrogens is 5. The number of carbonyl (C=O) groups excluding carboxylic acids is 1. The highest BCUT2D eigenvalue weighted by atomic mass is 16.2. The minimum absolute atomic E-state index is 0.160. The number of nitrogens with zero attached hydrogens (tertiary/aromatic N) is 4. The minimum Gasteiger partial charge on any atom is -0.332 e. The molecule has 0 unspecified atom stereocenters. The van der Waals surface area contributed by atoms with Crippen LogP contribution >= 0.6 is 0 Å². The zero-order valence-corrected chi connectivity index (χ0v) is 14.3. The Hall–Kier alpha value is -3.68. The lowest BCUT2D eigenvalue weighted by atomic mass is 10.1. The molecule has 4 heterocycles. The third kappa shape index (κ3) is 2.53. The van der Waals surface area contributed by atoms with Gasteiger partial charge in [0.15, 0.2) is 5.65 Å². The first kappa shape index (κ1) is 15.6. The van der Waals surface area contributed by atoms with Crippen molar-refractivity contribution in [2.75, 3.05) is 6.54 Å². The van der Waals surface area contributed by atoms with E-state index in [1.165, 1.54) is 4.52 Å². The highest BCUT2D eigenvalue weighted by Crippen LogP contribution is 2.20. The van der Waals surface area contributed by atoms with Crippen molar-refractivity contribution in [3.63, 3.8) is 0 Å². The Morgan fingerprint density at radius 2 is 2.00 bits per heavy atom. The molecule has 5 rings (SSSR count). The molecule has 0 fully saturated rings. The molecule has 27 heavy (non-hydrogen) atoms. The summed E-state index contributed by atoms with van der Waals surface area (Å²) < 4.78 is 1.40. The van der Waals surface area contributed by atoms with Crippen LogP contribution in [-0.4, -0.2) is 42.1 Å². The third-order valence-corrected chi connectivity index (χ3v) is 4.86. The summed E-state index contributed by atoms with van der Waals surface area (Å²) in [5.74, 6) is -0.175. The van der Waals surface area contributed by atoms with Crippen molar-refractivity contribution in [3.8, 4) is 11.3 Å². The van der Waals surface area contributed by atoms with Crippen molar-refractivity contribution in [1.82, 2.24) is 29.7 Å². The number of fused-ring (bicyclic) bond motifs is 2. The molecular formula is C19H16N6O2. The molecule has 0 bridgehead atoms. The maximum Gasteiger partial charge on any atom is 0.277 e. The molecule has 1 aliphatic heterocycles. The highest BCUT2D eigenvalue weighted by Gasteiger charge is 2.27. The van der Waals surface area contributed by atoms with E-state index in [4.69, 9.17) is 0 Å². The lowest BCUT2D eigenvalue weighted by Gasteiger charge is -2.27. The number of H-pyrrole nitrogens is 2. The fraction of sp³-hybridized carbons (Fsp3) is 0.158. The molecule has 2 N–H and O–H groups in total. The molecule has 0 radical (unpaired) electrons. The summed E-state index contributed by atoms with van der Waals surface area (Å²) in [6.07, 6.45) is 2.23. The molecule has 0 saturated heterocycles. The molecule has 4 aromatic rings. The van der Waals surface area contributed by atoms with Crippen LogP contribution in [0.15, 0.2) is 53.5 Å². The molecule has 3 aromatic heterocycles. The van der Waals surface area contributed by atoms with Gasteiger partial charge in [-0.3, -0.25) is 19.8 Å². The Balaban J connectivity index is 1.44. The summed E-state index contributed by atoms with van der Waals surface area (Å²) in [6, 6.07) is 13.2. The second kappa shape index (κ2) is 5.94. The topological polar surface area (TPSA) is 99.2 Å². The van der Waals surface area contributed by atoms with Gasteiger partial charge in [-0.15, -0.1) is 0 Å². The van der Waals surface area contributed by atoms with Gasteiger partial charge in [0.2, 0.25) is 0 Å². The molecule has 1 aromatic carbocycles. The summed E-state index contributed by atoms with van der Waals surface area (Å²) in [5, 5.41) is 9.92. The van der Waals surface area contributed by atoms with Crippen LogP contribution in [0.2, 0.25) is 0 Å². The largest absolute Gasteiger partial charge is 0.332 e. The van der Waals surface area contributed by atoms with Gasteiger partial charge in [0.1, 0.15) is 5.69 Å². The summed E-state index contributed by atoms with van der Waals surface area (Å²) in [5.41, 5.74) is 3.81. The first-order chi connectivity index (χ1) is 13.2. The second-order valence-corrected chi connectivity index (χ2v) is 6.51. The summed E-state index contributed by atoms with van der Waals surface area (Å²) in [6.45, 7) is 0.750. The molecule has 0 spiro atoms. The summed E-state index contributed by atoms with van der Waals surface area (Å²) >= 11 is 0. The highest BCUT2D eigenvalue weighted by molar-refractivity contribution is 5.93. The second-order valence-electron chi connectivity index (χ2n) is 6.51. The average Bonchev–Trinajstić information content (AvgIpc) is 3.38. The number of amides is 1. The number of rotatable bonds is 2. The Morgan fingerprint density at radius 3 is 2.85 bits per heavy atom. The van der Waals surface area contributed by atoms with Gasteiger partial charge in [0.05, 0.1) is 23.5 Å². The fourth-order valence-electron chi connectivity index (χ4n) is 3.45. The third-order valence-electron chi connectivity index (χ3n) is 4.86. The number of benzene rings is 1. The molecule has 8 heteroatoms. The van der Waals surface area contributed by atoms with Crippen LogP contribution in [0.25, 0.3) is 16.9 Å². The van der Waals surface area contributed by atoms with Crippen molar-refractivity contribution in [3.05, 3.63) is 76.0 Å². The molecule has 1 amide bonds. The van der Waals surface area contributed by atoms with Crippen LogP contribution in [0.5, 0.6) is 0 Å². The van der Waals surface area contributed by atoms with Gasteiger partial charge in [-0.05, 0) is 6.07 Å².